The molecule has 0 rings (SSSR count). The second kappa shape index (κ2) is 87.0. The van der Waals surface area contributed by atoms with Gasteiger partial charge in [0.15, 0.2) is 12.2 Å². The summed E-state index contributed by atoms with van der Waals surface area (Å²) in [4.78, 5) is 73.6. The van der Waals surface area contributed by atoms with Gasteiger partial charge in [-0.15, -0.1) is 0 Å². The van der Waals surface area contributed by atoms with E-state index in [1.54, 1.807) is 0 Å². The first-order chi connectivity index (χ1) is 55.9. The van der Waals surface area contributed by atoms with Crippen LogP contribution in [-0.2, 0) is 65.4 Å². The summed E-state index contributed by atoms with van der Waals surface area (Å²) in [6, 6.07) is 0. The predicted molar refractivity (Wildman–Crippen MR) is 478 cm³/mol. The van der Waals surface area contributed by atoms with E-state index in [0.29, 0.717) is 25.7 Å². The van der Waals surface area contributed by atoms with Crippen molar-refractivity contribution >= 4 is 39.5 Å². The van der Waals surface area contributed by atoms with Crippen LogP contribution in [0.15, 0.2) is 0 Å². The zero-order valence-corrected chi connectivity index (χ0v) is 77.9. The molecule has 0 aromatic heterocycles. The molecule has 0 amide bonds. The Hall–Kier alpha value is -1.94. The molecule has 115 heavy (non-hydrogen) atoms. The number of aliphatic hydroxyl groups excluding tert-OH is 1. The van der Waals surface area contributed by atoms with Crippen LogP contribution in [-0.4, -0.2) is 96.7 Å². The maximum Gasteiger partial charge on any atom is 0.472 e. The van der Waals surface area contributed by atoms with E-state index in [0.717, 1.165) is 102 Å². The lowest BCUT2D eigenvalue weighted by Gasteiger charge is -2.21. The second-order valence-corrected chi connectivity index (χ2v) is 38.3. The van der Waals surface area contributed by atoms with E-state index in [2.05, 4.69) is 41.5 Å². The van der Waals surface area contributed by atoms with Crippen LogP contribution < -0.4 is 0 Å². The van der Waals surface area contributed by atoms with Crippen LogP contribution in [0.4, 0.5) is 0 Å². The SMILES string of the molecule is CCCCCCCCCCCCCCCCCCCCCCCC(=O)OC[C@H](COP(=O)(O)OC[C@@H](O)COP(=O)(O)OC[C@@H](COC(=O)CCCCCCCCCCCC(C)C)OC(=O)CCCCCCCCCCCCCCCCCCCCCCC)OC(=O)CCCCCCCCCCCCCCCCCCCCC(C)C. The maximum atomic E-state index is 13.2. The second-order valence-electron chi connectivity index (χ2n) is 35.4. The van der Waals surface area contributed by atoms with Gasteiger partial charge in [0.2, 0.25) is 0 Å². The molecule has 0 aromatic carbocycles. The van der Waals surface area contributed by atoms with Gasteiger partial charge >= 0.3 is 39.5 Å². The van der Waals surface area contributed by atoms with Crippen LogP contribution >= 0.6 is 15.6 Å². The minimum atomic E-state index is -4.97. The Labute approximate surface area is 708 Å². The highest BCUT2D eigenvalue weighted by Gasteiger charge is 2.31. The number of aliphatic hydroxyl groups is 1. The monoisotopic (exact) mass is 1680 g/mol. The molecule has 0 radical (unpaired) electrons. The Morgan fingerprint density at radius 1 is 0.235 bits per heavy atom. The van der Waals surface area contributed by atoms with Crippen LogP contribution in [0.5, 0.6) is 0 Å². The molecule has 0 aliphatic heterocycles. The highest BCUT2D eigenvalue weighted by atomic mass is 31.2. The third-order valence-corrected chi connectivity index (χ3v) is 24.6. The highest BCUT2D eigenvalue weighted by Crippen LogP contribution is 2.45. The van der Waals surface area contributed by atoms with Crippen molar-refractivity contribution in [2.24, 2.45) is 11.8 Å². The van der Waals surface area contributed by atoms with Crippen molar-refractivity contribution in [1.29, 1.82) is 0 Å². The number of unbranched alkanes of at least 4 members (excludes halogenated alkanes) is 65. The molecule has 0 saturated carbocycles. The van der Waals surface area contributed by atoms with Crippen molar-refractivity contribution in [3.05, 3.63) is 0 Å². The number of phosphoric acid groups is 2. The molecule has 2 unspecified atom stereocenters. The first-order valence-corrected chi connectivity index (χ1v) is 52.5. The van der Waals surface area contributed by atoms with Gasteiger partial charge in [0.05, 0.1) is 26.4 Å². The minimum Gasteiger partial charge on any atom is -0.462 e. The minimum absolute atomic E-state index is 0.109. The number of rotatable bonds is 95. The standard InChI is InChI=1S/C96H188O17P2/c1-7-9-11-13-15-17-19-21-23-25-27-29-31-36-40-44-48-54-60-66-72-78-93(98)106-84-91(112-95(100)80-75-69-63-56-50-46-42-38-34-33-35-39-43-47-52-58-64-70-76-88(3)4)86-110-114(102,103)108-82-90(97)83-109-115(104,105)111-87-92(85-107-94(99)79-73-67-61-57-51-53-59-65-71-77-89(5)6)113-96(101)81-74-68-62-55-49-45-41-37-32-30-28-26-24-22-20-18-16-14-12-10-8-2/h88-92,97H,7-87H2,1-6H3,(H,102,103)(H,104,105)/t90-,91-,92-/m1/s1. The smallest absolute Gasteiger partial charge is 0.462 e. The van der Waals surface area contributed by atoms with Crippen molar-refractivity contribution in [3.63, 3.8) is 0 Å². The molecule has 0 spiro atoms. The molecule has 5 atom stereocenters. The largest absolute Gasteiger partial charge is 0.472 e. The molecule has 0 saturated heterocycles. The van der Waals surface area contributed by atoms with E-state index in [9.17, 15) is 43.2 Å². The third-order valence-electron chi connectivity index (χ3n) is 22.7. The van der Waals surface area contributed by atoms with Gasteiger partial charge in [-0.2, -0.15) is 0 Å². The summed E-state index contributed by atoms with van der Waals surface area (Å²) >= 11 is 0. The van der Waals surface area contributed by atoms with Gasteiger partial charge in [-0.1, -0.05) is 472 Å². The first-order valence-electron chi connectivity index (χ1n) is 49.5. The lowest BCUT2D eigenvalue weighted by molar-refractivity contribution is -0.161. The number of phosphoric ester groups is 2. The zero-order valence-electron chi connectivity index (χ0n) is 76.1. The number of hydrogen-bond donors (Lipinski definition) is 3. The van der Waals surface area contributed by atoms with E-state index < -0.39 is 97.5 Å². The number of hydrogen-bond acceptors (Lipinski definition) is 15. The summed E-state index contributed by atoms with van der Waals surface area (Å²) in [5, 5.41) is 10.7. The van der Waals surface area contributed by atoms with Gasteiger partial charge in [0, 0.05) is 25.7 Å². The van der Waals surface area contributed by atoms with E-state index in [1.807, 2.05) is 0 Å². The van der Waals surface area contributed by atoms with Crippen LogP contribution in [0.1, 0.15) is 523 Å². The van der Waals surface area contributed by atoms with Crippen LogP contribution in [0.3, 0.4) is 0 Å². The summed E-state index contributed by atoms with van der Waals surface area (Å²) in [6.45, 7) is 9.75. The van der Waals surface area contributed by atoms with E-state index in [1.165, 1.54) is 340 Å². The van der Waals surface area contributed by atoms with Gasteiger partial charge in [-0.3, -0.25) is 37.3 Å². The molecule has 0 heterocycles. The fourth-order valence-corrected chi connectivity index (χ4v) is 16.8. The van der Waals surface area contributed by atoms with Gasteiger partial charge in [0.1, 0.15) is 19.3 Å². The molecule has 17 nitrogen and oxygen atoms in total. The van der Waals surface area contributed by atoms with Crippen molar-refractivity contribution < 1.29 is 80.2 Å². The Morgan fingerprint density at radius 2 is 0.400 bits per heavy atom. The molecule has 0 bridgehead atoms. The van der Waals surface area contributed by atoms with Crippen LogP contribution in [0, 0.1) is 11.8 Å². The lowest BCUT2D eigenvalue weighted by Crippen LogP contribution is -2.30. The number of ether oxygens (including phenoxy) is 4. The molecule has 0 aliphatic rings. The summed E-state index contributed by atoms with van der Waals surface area (Å²) in [7, 11) is -9.94. The number of carbonyl (C=O) groups excluding carboxylic acids is 4. The summed E-state index contributed by atoms with van der Waals surface area (Å²) in [5.41, 5.74) is 0. The van der Waals surface area contributed by atoms with Crippen molar-refractivity contribution in [2.45, 2.75) is 541 Å². The van der Waals surface area contributed by atoms with Crippen molar-refractivity contribution in [2.75, 3.05) is 39.6 Å². The molecule has 0 aliphatic carbocycles. The number of carbonyl (C=O) groups is 4. The van der Waals surface area contributed by atoms with E-state index in [4.69, 9.17) is 37.0 Å². The van der Waals surface area contributed by atoms with E-state index in [-0.39, 0.29) is 25.7 Å². The summed E-state index contributed by atoms with van der Waals surface area (Å²) in [5.74, 6) is -0.527. The van der Waals surface area contributed by atoms with Crippen LogP contribution in [0.25, 0.3) is 0 Å². The topological polar surface area (TPSA) is 237 Å². The van der Waals surface area contributed by atoms with Crippen molar-refractivity contribution in [1.82, 2.24) is 0 Å². The Morgan fingerprint density at radius 3 is 0.591 bits per heavy atom. The van der Waals surface area contributed by atoms with Gasteiger partial charge in [-0.25, -0.2) is 9.13 Å². The molecule has 0 aromatic rings. The maximum absolute atomic E-state index is 13.2. The molecule has 19 heteroatoms. The quantitative estimate of drug-likeness (QED) is 0.0222. The molecular formula is C96H188O17P2. The third kappa shape index (κ3) is 89.6. The van der Waals surface area contributed by atoms with Gasteiger partial charge in [0.25, 0.3) is 0 Å². The normalized spacial score (nSPS) is 13.7. The number of esters is 4. The molecule has 3 N–H and O–H groups in total. The Kier molecular flexibility index (Phi) is 85.5. The molecule has 0 fully saturated rings. The van der Waals surface area contributed by atoms with Crippen molar-refractivity contribution in [3.8, 4) is 0 Å². The van der Waals surface area contributed by atoms with E-state index >= 15 is 0 Å². The zero-order chi connectivity index (χ0) is 84.1. The predicted octanol–water partition coefficient (Wildman–Crippen LogP) is 30.1. The summed E-state index contributed by atoms with van der Waals surface area (Å²) in [6.07, 6.45) is 83.6. The average Bonchev–Trinajstić information content (AvgIpc) is 0.896. The molecular weight excluding hydrogens is 1490 g/mol. The fourth-order valence-electron chi connectivity index (χ4n) is 15.2. The first kappa shape index (κ1) is 113. The Bertz CT molecular complexity index is 2190. The average molecular weight is 1680 g/mol. The lowest BCUT2D eigenvalue weighted by atomic mass is 10.0. The fraction of sp³-hybridized carbons (Fsp3) is 0.958. The molecule has 684 valence electrons. The van der Waals surface area contributed by atoms with Crippen LogP contribution in [0.2, 0.25) is 0 Å². The van der Waals surface area contributed by atoms with Gasteiger partial charge in [-0.05, 0) is 37.5 Å². The highest BCUT2D eigenvalue weighted by molar-refractivity contribution is 7.47. The summed E-state index contributed by atoms with van der Waals surface area (Å²) < 4.78 is 69.2. The van der Waals surface area contributed by atoms with Gasteiger partial charge < -0.3 is 33.8 Å². The Balaban J connectivity index is 5.23.